The van der Waals surface area contributed by atoms with E-state index in [1.165, 1.54) is 4.90 Å². The van der Waals surface area contributed by atoms with Crippen LogP contribution in [0, 0.1) is 5.92 Å². The third-order valence-corrected chi connectivity index (χ3v) is 15.1. The van der Waals surface area contributed by atoms with Gasteiger partial charge in [0.05, 0.1) is 6.54 Å². The van der Waals surface area contributed by atoms with Crippen LogP contribution in [0.3, 0.4) is 0 Å². The smallest absolute Gasteiger partial charge is 0.407 e. The summed E-state index contributed by atoms with van der Waals surface area (Å²) >= 11 is 6.09. The van der Waals surface area contributed by atoms with Crippen LogP contribution < -0.4 is 47.7 Å². The molecule has 0 radical (unpaired) electrons. The number of nitrogens with zero attached hydrogens (tertiary/aromatic N) is 1. The van der Waals surface area contributed by atoms with Gasteiger partial charge in [0.25, 0.3) is 0 Å². The Hall–Kier alpha value is -8.26. The quantitative estimate of drug-likeness (QED) is 0.0701. The number of alkyl carbamates (subject to hydrolysis) is 1. The number of nitrogens with one attached hydrogen (secondary N) is 8. The minimum absolute atomic E-state index is 0.00185. The zero-order valence-electron chi connectivity index (χ0n) is 44.2. The molecule has 3 aliphatic rings. The number of H-pyrrole nitrogens is 1. The highest BCUT2D eigenvalue weighted by Gasteiger charge is 2.45. The number of hydrogen-bond donors (Lipinski definition) is 9. The van der Waals surface area contributed by atoms with Gasteiger partial charge in [0, 0.05) is 60.9 Å². The van der Waals surface area contributed by atoms with Gasteiger partial charge >= 0.3 is 6.09 Å². The minimum Gasteiger partial charge on any atom is -0.489 e. The Morgan fingerprint density at radius 2 is 1.24 bits per heavy atom. The van der Waals surface area contributed by atoms with E-state index >= 15 is 28.8 Å². The number of halogens is 1. The number of nitrogens with two attached hydrogens (primary N) is 1. The van der Waals surface area contributed by atoms with Gasteiger partial charge in [0.2, 0.25) is 35.4 Å². The standard InChI is InChI=1S/C60H67ClN10O9/c61-43-19-15-40(16-20-43)36-79-44-21-17-38(18-22-44)29-48-55(73)69-51(31-37-9-3-1-4-10-37)59(77)71-35-45(80-60(78)64-28-25-62)33-52(71)57(75)70-53(41-11-5-2-6-12-41)58(76)68-50(32-42-34-65-47-14-8-7-13-46(42)47)56(74)67-49(54(72)66-48)30-39-23-26-63-27-24-39/h1-22,34,39,45,48-53,63,65H,23-33,35-36,62H2,(H,64,78)(H,66,72)(H,67,74)(H,68,76)(H,69,73)(H,70,75)/t45-,48+,49+,50-,51+,52+,53+/m1/s1. The second kappa shape index (κ2) is 27.1. The first-order valence-corrected chi connectivity index (χ1v) is 27.5. The average Bonchev–Trinajstić information content (AvgIpc) is 4.10. The van der Waals surface area contributed by atoms with E-state index in [4.69, 9.17) is 26.8 Å². The predicted octanol–water partition coefficient (Wildman–Crippen LogP) is 4.28. The van der Waals surface area contributed by atoms with Crippen molar-refractivity contribution < 1.29 is 43.0 Å². The number of ether oxygens (including phenoxy) is 2. The first-order chi connectivity index (χ1) is 38.9. The molecule has 3 saturated heterocycles. The van der Waals surface area contributed by atoms with Gasteiger partial charge in [-0.1, -0.05) is 115 Å². The molecule has 80 heavy (non-hydrogen) atoms. The molecule has 0 aliphatic carbocycles. The molecule has 3 aliphatic heterocycles. The highest BCUT2D eigenvalue weighted by atomic mass is 35.5. The molecule has 1 aromatic heterocycles. The normalized spacial score (nSPS) is 22.6. The van der Waals surface area contributed by atoms with Crippen LogP contribution in [0.2, 0.25) is 5.02 Å². The highest BCUT2D eigenvalue weighted by molar-refractivity contribution is 6.30. The predicted molar refractivity (Wildman–Crippen MR) is 301 cm³/mol. The maximum atomic E-state index is 15.4. The van der Waals surface area contributed by atoms with Crippen LogP contribution >= 0.6 is 11.6 Å². The SMILES string of the molecule is NCCNC(=O)O[C@@H]1C[C@H]2C(=O)N[C@@H](c3ccccc3)C(=O)N[C@H](Cc3c[nH]c4ccccc34)C(=O)N[C@@H](CC3CCNCC3)C(=O)N[C@@H](Cc3ccc(OCc4ccc(Cl)cc4)cc3)C(=O)N[C@@H](Cc3ccccc3)C(=O)N2C1. The van der Waals surface area contributed by atoms with Crippen molar-refractivity contribution in [3.63, 3.8) is 0 Å². The Kier molecular flexibility index (Phi) is 19.1. The van der Waals surface area contributed by atoms with Gasteiger partial charge in [-0.15, -0.1) is 0 Å². The molecule has 4 heterocycles. The number of carbonyl (C=O) groups excluding carboxylic acids is 7. The molecule has 9 rings (SSSR count). The Morgan fingerprint density at radius 1 is 0.637 bits per heavy atom. The summed E-state index contributed by atoms with van der Waals surface area (Å²) in [5, 5.41) is 22.1. The van der Waals surface area contributed by atoms with Crippen LogP contribution in [0.25, 0.3) is 10.9 Å². The number of aromatic nitrogens is 1. The molecule has 418 valence electrons. The van der Waals surface area contributed by atoms with Gasteiger partial charge in [-0.05, 0) is 96.4 Å². The van der Waals surface area contributed by atoms with E-state index in [9.17, 15) is 4.79 Å². The minimum atomic E-state index is -1.41. The summed E-state index contributed by atoms with van der Waals surface area (Å²) in [6.45, 7) is 1.66. The van der Waals surface area contributed by atoms with Crippen molar-refractivity contribution in [2.75, 3.05) is 32.7 Å². The fourth-order valence-corrected chi connectivity index (χ4v) is 10.7. The summed E-state index contributed by atoms with van der Waals surface area (Å²) in [5.41, 5.74) is 9.72. The van der Waals surface area contributed by atoms with Crippen LogP contribution in [0.5, 0.6) is 5.75 Å². The molecule has 7 atom stereocenters. The van der Waals surface area contributed by atoms with Crippen molar-refractivity contribution in [1.29, 1.82) is 0 Å². The van der Waals surface area contributed by atoms with Gasteiger partial charge in [-0.3, -0.25) is 28.8 Å². The monoisotopic (exact) mass is 1110 g/mol. The Balaban J connectivity index is 1.11. The van der Waals surface area contributed by atoms with Crippen LogP contribution in [-0.2, 0) is 59.4 Å². The van der Waals surface area contributed by atoms with E-state index in [2.05, 4.69) is 42.2 Å². The lowest BCUT2D eigenvalue weighted by molar-refractivity contribution is -0.143. The molecule has 3 fully saturated rings. The molecule has 0 saturated carbocycles. The third-order valence-electron chi connectivity index (χ3n) is 14.8. The topological polar surface area (TPSA) is 267 Å². The fraction of sp³-hybridized carbons (Fsp3) is 0.350. The maximum absolute atomic E-state index is 15.4. The second-order valence-electron chi connectivity index (χ2n) is 20.5. The molecule has 6 aromatic rings. The van der Waals surface area contributed by atoms with Crippen LogP contribution in [0.1, 0.15) is 59.5 Å². The fourth-order valence-electron chi connectivity index (χ4n) is 10.6. The lowest BCUT2D eigenvalue weighted by Crippen LogP contribution is -2.61. The third kappa shape index (κ3) is 14.9. The number of piperidine rings is 1. The molecular weight excluding hydrogens is 1040 g/mol. The summed E-state index contributed by atoms with van der Waals surface area (Å²) in [4.78, 5) is 108. The van der Waals surface area contributed by atoms with E-state index in [-0.39, 0.29) is 64.3 Å². The maximum Gasteiger partial charge on any atom is 0.407 e. The molecule has 7 amide bonds. The van der Waals surface area contributed by atoms with Crippen LogP contribution in [0.4, 0.5) is 4.79 Å². The van der Waals surface area contributed by atoms with Crippen molar-refractivity contribution in [2.24, 2.45) is 11.7 Å². The second-order valence-corrected chi connectivity index (χ2v) is 21.0. The van der Waals surface area contributed by atoms with E-state index in [0.29, 0.717) is 46.1 Å². The number of para-hydroxylation sites is 1. The number of amides is 7. The lowest BCUT2D eigenvalue weighted by Gasteiger charge is -2.32. The summed E-state index contributed by atoms with van der Waals surface area (Å²) < 4.78 is 11.8. The zero-order valence-corrected chi connectivity index (χ0v) is 44.9. The van der Waals surface area contributed by atoms with Crippen molar-refractivity contribution in [2.45, 2.75) is 93.9 Å². The average molecular weight is 1110 g/mol. The molecule has 0 unspecified atom stereocenters. The Morgan fingerprint density at radius 3 is 1.96 bits per heavy atom. The van der Waals surface area contributed by atoms with Crippen molar-refractivity contribution in [3.05, 3.63) is 172 Å². The van der Waals surface area contributed by atoms with E-state index in [0.717, 1.165) is 29.3 Å². The van der Waals surface area contributed by atoms with Crippen LogP contribution in [0.15, 0.2) is 140 Å². The van der Waals surface area contributed by atoms with Gasteiger partial charge in [0.15, 0.2) is 0 Å². The van der Waals surface area contributed by atoms with E-state index < -0.39 is 83.9 Å². The van der Waals surface area contributed by atoms with Gasteiger partial charge in [0.1, 0.15) is 54.7 Å². The molecular formula is C60H67ClN10O9. The van der Waals surface area contributed by atoms with Gasteiger partial charge in [-0.2, -0.15) is 0 Å². The van der Waals surface area contributed by atoms with Gasteiger partial charge in [-0.25, -0.2) is 4.79 Å². The van der Waals surface area contributed by atoms with Crippen molar-refractivity contribution in [1.82, 2.24) is 47.1 Å². The number of aromatic amines is 1. The number of carbonyl (C=O) groups is 7. The highest BCUT2D eigenvalue weighted by Crippen LogP contribution is 2.27. The molecule has 20 heteroatoms. The van der Waals surface area contributed by atoms with Crippen molar-refractivity contribution >= 4 is 64.0 Å². The summed E-state index contributed by atoms with van der Waals surface area (Å²) in [7, 11) is 0. The molecule has 5 aromatic carbocycles. The largest absolute Gasteiger partial charge is 0.489 e. The summed E-state index contributed by atoms with van der Waals surface area (Å²) in [5.74, 6) is -3.67. The van der Waals surface area contributed by atoms with Gasteiger partial charge < -0.3 is 62.3 Å². The molecule has 0 spiro atoms. The first kappa shape index (κ1) is 56.5. The summed E-state index contributed by atoms with van der Waals surface area (Å²) in [6, 6.07) is 31.4. The number of fused-ring (bicyclic) bond motifs is 2. The lowest BCUT2D eigenvalue weighted by atomic mass is 9.90. The number of benzene rings is 5. The van der Waals surface area contributed by atoms with Crippen LogP contribution in [-0.4, -0.2) is 120 Å². The van der Waals surface area contributed by atoms with E-state index in [1.54, 1.807) is 97.2 Å². The zero-order chi connectivity index (χ0) is 56.0. The summed E-state index contributed by atoms with van der Waals surface area (Å²) in [6.07, 6.45) is 1.29. The number of rotatable bonds is 15. The van der Waals surface area contributed by atoms with Crippen molar-refractivity contribution in [3.8, 4) is 5.75 Å². The first-order valence-electron chi connectivity index (χ1n) is 27.1. The van der Waals surface area contributed by atoms with E-state index in [1.807, 2.05) is 42.5 Å². The Labute approximate surface area is 468 Å². The Bertz CT molecular complexity index is 3100. The molecule has 19 nitrogen and oxygen atoms in total. The molecule has 10 N–H and O–H groups in total. The molecule has 0 bridgehead atoms. The number of hydrogen-bond acceptors (Lipinski definition) is 11.